The van der Waals surface area contributed by atoms with E-state index < -0.39 is 0 Å². The van der Waals surface area contributed by atoms with Crippen LogP contribution in [0.25, 0.3) is 0 Å². The first-order valence-corrected chi connectivity index (χ1v) is 4.90. The van der Waals surface area contributed by atoms with Crippen molar-refractivity contribution in [1.29, 1.82) is 0 Å². The molecule has 76 valence electrons. The van der Waals surface area contributed by atoms with Crippen LogP contribution in [0.2, 0.25) is 0 Å². The van der Waals surface area contributed by atoms with Crippen molar-refractivity contribution in [3.63, 3.8) is 0 Å². The normalized spacial score (nSPS) is 20.8. The van der Waals surface area contributed by atoms with Crippen molar-refractivity contribution < 1.29 is 9.47 Å². The zero-order chi connectivity index (χ0) is 9.80. The summed E-state index contributed by atoms with van der Waals surface area (Å²) < 4.78 is 10.9. The van der Waals surface area contributed by atoms with Crippen LogP contribution < -0.4 is 14.8 Å². The first-order chi connectivity index (χ1) is 6.88. The zero-order valence-electron chi connectivity index (χ0n) is 8.32. The summed E-state index contributed by atoms with van der Waals surface area (Å²) in [5, 5.41) is 3.26. The maximum atomic E-state index is 5.78. The van der Waals surface area contributed by atoms with Gasteiger partial charge in [0.05, 0.1) is 7.11 Å². The van der Waals surface area contributed by atoms with E-state index in [1.807, 2.05) is 24.3 Å². The lowest BCUT2D eigenvalue weighted by atomic mass is 10.3. The van der Waals surface area contributed by atoms with Crippen molar-refractivity contribution >= 4 is 0 Å². The highest BCUT2D eigenvalue weighted by molar-refractivity contribution is 5.33. The van der Waals surface area contributed by atoms with Gasteiger partial charge in [-0.2, -0.15) is 0 Å². The Bertz CT molecular complexity index is 295. The summed E-state index contributed by atoms with van der Waals surface area (Å²) in [6.07, 6.45) is 1.39. The van der Waals surface area contributed by atoms with Crippen LogP contribution in [0.4, 0.5) is 0 Å². The molecule has 0 aromatic heterocycles. The van der Waals surface area contributed by atoms with Gasteiger partial charge in [-0.15, -0.1) is 0 Å². The summed E-state index contributed by atoms with van der Waals surface area (Å²) in [6.45, 7) is 1.99. The molecule has 3 nitrogen and oxygen atoms in total. The third kappa shape index (κ3) is 2.17. The number of hydrogen-bond acceptors (Lipinski definition) is 3. The highest BCUT2D eigenvalue weighted by Gasteiger charge is 2.15. The molecule has 0 saturated carbocycles. The molecule has 1 heterocycles. The Kier molecular flexibility index (Phi) is 2.89. The van der Waals surface area contributed by atoms with Gasteiger partial charge in [0.15, 0.2) is 0 Å². The lowest BCUT2D eigenvalue weighted by Crippen LogP contribution is -2.19. The van der Waals surface area contributed by atoms with Crippen molar-refractivity contribution in [1.82, 2.24) is 5.32 Å². The number of nitrogens with one attached hydrogen (secondary N) is 1. The molecule has 1 aliphatic heterocycles. The summed E-state index contributed by atoms with van der Waals surface area (Å²) in [5.41, 5.74) is 0. The molecule has 0 unspecified atom stereocenters. The lowest BCUT2D eigenvalue weighted by Gasteiger charge is -2.12. The van der Waals surface area contributed by atoms with Crippen molar-refractivity contribution in [2.75, 3.05) is 20.2 Å². The molecular weight excluding hydrogens is 178 g/mol. The minimum absolute atomic E-state index is 0.308. The fraction of sp³-hybridized carbons (Fsp3) is 0.455. The Hall–Kier alpha value is -1.22. The molecule has 0 amide bonds. The Labute approximate surface area is 84.0 Å². The molecule has 1 fully saturated rings. The molecule has 1 aromatic rings. The number of methoxy groups -OCH3 is 1. The summed E-state index contributed by atoms with van der Waals surface area (Å²) in [7, 11) is 1.66. The van der Waals surface area contributed by atoms with Gasteiger partial charge in [0.2, 0.25) is 0 Å². The van der Waals surface area contributed by atoms with Gasteiger partial charge in [-0.3, -0.25) is 0 Å². The highest BCUT2D eigenvalue weighted by Crippen LogP contribution is 2.21. The van der Waals surface area contributed by atoms with Gasteiger partial charge in [-0.05, 0) is 25.1 Å². The maximum absolute atomic E-state index is 5.78. The third-order valence-corrected chi connectivity index (χ3v) is 2.36. The molecule has 1 atom stereocenters. The minimum Gasteiger partial charge on any atom is -0.497 e. The SMILES string of the molecule is COc1cccc(O[C@H]2CCNC2)c1. The Balaban J connectivity index is 2.00. The van der Waals surface area contributed by atoms with E-state index >= 15 is 0 Å². The topological polar surface area (TPSA) is 30.5 Å². The smallest absolute Gasteiger partial charge is 0.123 e. The summed E-state index contributed by atoms with van der Waals surface area (Å²) in [4.78, 5) is 0. The lowest BCUT2D eigenvalue weighted by molar-refractivity contribution is 0.222. The van der Waals surface area contributed by atoms with E-state index in [2.05, 4.69) is 5.32 Å². The second-order valence-electron chi connectivity index (χ2n) is 3.41. The number of rotatable bonds is 3. The van der Waals surface area contributed by atoms with Crippen LogP contribution >= 0.6 is 0 Å². The summed E-state index contributed by atoms with van der Waals surface area (Å²) >= 11 is 0. The molecule has 0 spiro atoms. The predicted molar refractivity (Wildman–Crippen MR) is 54.9 cm³/mol. The quantitative estimate of drug-likeness (QED) is 0.787. The molecule has 3 heteroatoms. The second kappa shape index (κ2) is 4.33. The van der Waals surface area contributed by atoms with Crippen molar-refractivity contribution in [3.05, 3.63) is 24.3 Å². The fourth-order valence-corrected chi connectivity index (χ4v) is 1.60. The Morgan fingerprint density at radius 3 is 2.93 bits per heavy atom. The van der Waals surface area contributed by atoms with E-state index in [1.165, 1.54) is 0 Å². The van der Waals surface area contributed by atoms with Gasteiger partial charge in [-0.1, -0.05) is 6.07 Å². The molecule has 1 aromatic carbocycles. The predicted octanol–water partition coefficient (Wildman–Crippen LogP) is 1.44. The molecule has 0 radical (unpaired) electrons. The number of benzene rings is 1. The molecule has 2 rings (SSSR count). The van der Waals surface area contributed by atoms with Gasteiger partial charge in [0.1, 0.15) is 17.6 Å². The largest absolute Gasteiger partial charge is 0.497 e. The molecule has 14 heavy (non-hydrogen) atoms. The molecule has 0 bridgehead atoms. The average Bonchev–Trinajstić information content (AvgIpc) is 2.71. The van der Waals surface area contributed by atoms with Crippen LogP contribution in [-0.2, 0) is 0 Å². The minimum atomic E-state index is 0.308. The first kappa shape index (κ1) is 9.34. The van der Waals surface area contributed by atoms with Crippen molar-refractivity contribution in [3.8, 4) is 11.5 Å². The van der Waals surface area contributed by atoms with E-state index in [9.17, 15) is 0 Å². The highest BCUT2D eigenvalue weighted by atomic mass is 16.5. The molecule has 1 N–H and O–H groups in total. The first-order valence-electron chi connectivity index (χ1n) is 4.90. The Morgan fingerprint density at radius 2 is 2.21 bits per heavy atom. The van der Waals surface area contributed by atoms with Crippen molar-refractivity contribution in [2.24, 2.45) is 0 Å². The van der Waals surface area contributed by atoms with Crippen LogP contribution in [0.3, 0.4) is 0 Å². The van der Waals surface area contributed by atoms with E-state index in [1.54, 1.807) is 7.11 Å². The molecular formula is C11H15NO2. The maximum Gasteiger partial charge on any atom is 0.123 e. The standard InChI is InChI=1S/C11H15NO2/c1-13-9-3-2-4-10(7-9)14-11-5-6-12-8-11/h2-4,7,11-12H,5-6,8H2,1H3/t11-/m0/s1. The molecule has 1 aliphatic rings. The van der Waals surface area contributed by atoms with Crippen LogP contribution in [0, 0.1) is 0 Å². The number of ether oxygens (including phenoxy) is 2. The van der Waals surface area contributed by atoms with E-state index in [0.29, 0.717) is 6.10 Å². The van der Waals surface area contributed by atoms with Gasteiger partial charge >= 0.3 is 0 Å². The van der Waals surface area contributed by atoms with Gasteiger partial charge < -0.3 is 14.8 Å². The van der Waals surface area contributed by atoms with Crippen LogP contribution in [-0.4, -0.2) is 26.3 Å². The van der Waals surface area contributed by atoms with Crippen LogP contribution in [0.15, 0.2) is 24.3 Å². The van der Waals surface area contributed by atoms with Crippen LogP contribution in [0.1, 0.15) is 6.42 Å². The number of hydrogen-bond donors (Lipinski definition) is 1. The van der Waals surface area contributed by atoms with E-state index in [-0.39, 0.29) is 0 Å². The van der Waals surface area contributed by atoms with Gasteiger partial charge in [0.25, 0.3) is 0 Å². The Morgan fingerprint density at radius 1 is 1.36 bits per heavy atom. The third-order valence-electron chi connectivity index (χ3n) is 2.36. The van der Waals surface area contributed by atoms with E-state index in [4.69, 9.17) is 9.47 Å². The fourth-order valence-electron chi connectivity index (χ4n) is 1.60. The zero-order valence-corrected chi connectivity index (χ0v) is 8.32. The summed E-state index contributed by atoms with van der Waals surface area (Å²) in [5.74, 6) is 1.73. The van der Waals surface area contributed by atoms with Crippen LogP contribution in [0.5, 0.6) is 11.5 Å². The van der Waals surface area contributed by atoms with Gasteiger partial charge in [0, 0.05) is 12.6 Å². The monoisotopic (exact) mass is 193 g/mol. The average molecular weight is 193 g/mol. The van der Waals surface area contributed by atoms with E-state index in [0.717, 1.165) is 31.0 Å². The summed E-state index contributed by atoms with van der Waals surface area (Å²) in [6, 6.07) is 7.73. The molecule has 1 saturated heterocycles. The molecule has 0 aliphatic carbocycles. The second-order valence-corrected chi connectivity index (χ2v) is 3.41. The van der Waals surface area contributed by atoms with Gasteiger partial charge in [-0.25, -0.2) is 0 Å². The van der Waals surface area contributed by atoms with Crippen molar-refractivity contribution in [2.45, 2.75) is 12.5 Å².